The third-order valence-corrected chi connectivity index (χ3v) is 2.24. The van der Waals surface area contributed by atoms with Crippen molar-refractivity contribution in [1.29, 1.82) is 0 Å². The predicted octanol–water partition coefficient (Wildman–Crippen LogP) is -0.267. The molecule has 10 heavy (non-hydrogen) atoms. The van der Waals surface area contributed by atoms with Crippen molar-refractivity contribution >= 4 is 0 Å². The van der Waals surface area contributed by atoms with Crippen molar-refractivity contribution in [2.75, 3.05) is 19.8 Å². The van der Waals surface area contributed by atoms with Gasteiger partial charge in [-0.2, -0.15) is 0 Å². The Morgan fingerprint density at radius 3 is 2.40 bits per heavy atom. The quantitative estimate of drug-likeness (QED) is 0.575. The van der Waals surface area contributed by atoms with Gasteiger partial charge in [-0.3, -0.25) is 0 Å². The van der Waals surface area contributed by atoms with Crippen LogP contribution in [0.4, 0.5) is 0 Å². The number of hydrogen-bond donors (Lipinski definition) is 2. The number of rotatable bonds is 3. The van der Waals surface area contributed by atoms with Crippen LogP contribution in [-0.2, 0) is 4.74 Å². The van der Waals surface area contributed by atoms with Crippen LogP contribution in [0.1, 0.15) is 13.3 Å². The molecule has 60 valence electrons. The Kier molecular flexibility index (Phi) is 2.28. The smallest absolute Gasteiger partial charge is 0.115 e. The van der Waals surface area contributed by atoms with Crippen LogP contribution in [0.3, 0.4) is 0 Å². The predicted molar refractivity (Wildman–Crippen MR) is 38.6 cm³/mol. The summed E-state index contributed by atoms with van der Waals surface area (Å²) in [5.74, 6) is 0.209. The maximum absolute atomic E-state index is 9.66. The van der Waals surface area contributed by atoms with E-state index in [4.69, 9.17) is 10.5 Å². The molecule has 0 radical (unpaired) electrons. The molecule has 1 fully saturated rings. The molecule has 1 unspecified atom stereocenters. The minimum absolute atomic E-state index is 0.209. The van der Waals surface area contributed by atoms with Crippen molar-refractivity contribution in [3.8, 4) is 0 Å². The minimum atomic E-state index is -0.608. The van der Waals surface area contributed by atoms with Crippen molar-refractivity contribution in [1.82, 2.24) is 0 Å². The fourth-order valence-electron chi connectivity index (χ4n) is 1.31. The summed E-state index contributed by atoms with van der Waals surface area (Å²) in [6.07, 6.45) is 0.927. The van der Waals surface area contributed by atoms with Crippen molar-refractivity contribution in [2.45, 2.75) is 18.9 Å². The summed E-state index contributed by atoms with van der Waals surface area (Å²) in [7, 11) is 0. The van der Waals surface area contributed by atoms with E-state index in [9.17, 15) is 5.11 Å². The summed E-state index contributed by atoms with van der Waals surface area (Å²) in [5, 5.41) is 9.66. The molecular formula is C7H15NO2. The highest BCUT2D eigenvalue weighted by atomic mass is 16.5. The van der Waals surface area contributed by atoms with Crippen LogP contribution in [0, 0.1) is 5.92 Å². The summed E-state index contributed by atoms with van der Waals surface area (Å²) < 4.78 is 4.92. The molecule has 1 aliphatic rings. The van der Waals surface area contributed by atoms with Crippen LogP contribution in [0.15, 0.2) is 0 Å². The summed E-state index contributed by atoms with van der Waals surface area (Å²) in [4.78, 5) is 0. The second-order valence-corrected chi connectivity index (χ2v) is 2.94. The first-order chi connectivity index (χ1) is 4.73. The molecule has 3 heteroatoms. The highest BCUT2D eigenvalue weighted by molar-refractivity contribution is 4.91. The molecule has 0 aromatic rings. The summed E-state index contributed by atoms with van der Waals surface area (Å²) in [5.41, 5.74) is 4.86. The van der Waals surface area contributed by atoms with E-state index in [0.29, 0.717) is 19.8 Å². The largest absolute Gasteiger partial charge is 0.385 e. The van der Waals surface area contributed by atoms with Gasteiger partial charge in [0.05, 0.1) is 13.2 Å². The Hall–Kier alpha value is -0.120. The molecule has 0 bridgehead atoms. The van der Waals surface area contributed by atoms with Gasteiger partial charge in [0.1, 0.15) is 5.60 Å². The molecular weight excluding hydrogens is 130 g/mol. The maximum atomic E-state index is 9.66. The van der Waals surface area contributed by atoms with E-state index < -0.39 is 5.60 Å². The molecule has 0 aromatic heterocycles. The van der Waals surface area contributed by atoms with Gasteiger partial charge >= 0.3 is 0 Å². The van der Waals surface area contributed by atoms with E-state index in [-0.39, 0.29) is 5.92 Å². The molecule has 1 aliphatic heterocycles. The number of ether oxygens (including phenoxy) is 1. The van der Waals surface area contributed by atoms with Crippen LogP contribution < -0.4 is 5.73 Å². The van der Waals surface area contributed by atoms with E-state index in [0.717, 1.165) is 6.42 Å². The zero-order chi connectivity index (χ0) is 7.61. The molecule has 0 aliphatic carbocycles. The van der Waals surface area contributed by atoms with Crippen molar-refractivity contribution in [3.63, 3.8) is 0 Å². The normalized spacial score (nSPS) is 25.5. The molecule has 1 rings (SSSR count). The van der Waals surface area contributed by atoms with Gasteiger partial charge in [-0.1, -0.05) is 6.92 Å². The Bertz CT molecular complexity index is 108. The second-order valence-electron chi connectivity index (χ2n) is 2.94. The van der Waals surface area contributed by atoms with E-state index in [1.807, 2.05) is 6.92 Å². The number of hydrogen-bond acceptors (Lipinski definition) is 3. The molecule has 1 saturated heterocycles. The van der Waals surface area contributed by atoms with Gasteiger partial charge in [-0.15, -0.1) is 0 Å². The molecule has 0 spiro atoms. The zero-order valence-corrected chi connectivity index (χ0v) is 6.34. The Morgan fingerprint density at radius 2 is 2.30 bits per heavy atom. The molecule has 0 aromatic carbocycles. The SMILES string of the molecule is CCC(CN)C1(O)COC1. The molecule has 3 N–H and O–H groups in total. The fraction of sp³-hybridized carbons (Fsp3) is 1.00. The molecule has 1 atom stereocenters. The second kappa shape index (κ2) is 2.86. The van der Waals surface area contributed by atoms with E-state index in [1.165, 1.54) is 0 Å². The summed E-state index contributed by atoms with van der Waals surface area (Å²) in [6, 6.07) is 0. The first-order valence-electron chi connectivity index (χ1n) is 3.73. The number of aliphatic hydroxyl groups is 1. The lowest BCUT2D eigenvalue weighted by atomic mass is 9.84. The van der Waals surface area contributed by atoms with Crippen molar-refractivity contribution < 1.29 is 9.84 Å². The molecule has 0 amide bonds. The average Bonchev–Trinajstić information content (AvgIpc) is 1.87. The van der Waals surface area contributed by atoms with Crippen LogP contribution >= 0.6 is 0 Å². The Morgan fingerprint density at radius 1 is 1.70 bits per heavy atom. The lowest BCUT2D eigenvalue weighted by molar-refractivity contribution is -0.205. The lowest BCUT2D eigenvalue weighted by Gasteiger charge is -2.42. The molecule has 3 nitrogen and oxygen atoms in total. The highest BCUT2D eigenvalue weighted by Gasteiger charge is 2.41. The van der Waals surface area contributed by atoms with Crippen LogP contribution in [-0.4, -0.2) is 30.5 Å². The van der Waals surface area contributed by atoms with E-state index in [2.05, 4.69) is 0 Å². The van der Waals surface area contributed by atoms with Crippen LogP contribution in [0.25, 0.3) is 0 Å². The van der Waals surface area contributed by atoms with E-state index in [1.54, 1.807) is 0 Å². The molecule has 1 heterocycles. The monoisotopic (exact) mass is 145 g/mol. The fourth-order valence-corrected chi connectivity index (χ4v) is 1.31. The van der Waals surface area contributed by atoms with Gasteiger partial charge in [0.25, 0.3) is 0 Å². The first-order valence-corrected chi connectivity index (χ1v) is 3.73. The Labute approximate surface area is 61.2 Å². The Balaban J connectivity index is 2.43. The summed E-state index contributed by atoms with van der Waals surface area (Å²) >= 11 is 0. The lowest BCUT2D eigenvalue weighted by Crippen LogP contribution is -2.57. The van der Waals surface area contributed by atoms with Gasteiger partial charge < -0.3 is 15.6 Å². The third kappa shape index (κ3) is 1.17. The third-order valence-electron chi connectivity index (χ3n) is 2.24. The minimum Gasteiger partial charge on any atom is -0.385 e. The van der Waals surface area contributed by atoms with Gasteiger partial charge in [0, 0.05) is 5.92 Å². The van der Waals surface area contributed by atoms with Gasteiger partial charge in [-0.25, -0.2) is 0 Å². The highest BCUT2D eigenvalue weighted by Crippen LogP contribution is 2.27. The maximum Gasteiger partial charge on any atom is 0.115 e. The topological polar surface area (TPSA) is 55.5 Å². The van der Waals surface area contributed by atoms with Crippen molar-refractivity contribution in [3.05, 3.63) is 0 Å². The van der Waals surface area contributed by atoms with Crippen LogP contribution in [0.5, 0.6) is 0 Å². The van der Waals surface area contributed by atoms with Crippen molar-refractivity contribution in [2.24, 2.45) is 11.7 Å². The summed E-state index contributed by atoms with van der Waals surface area (Å²) in [6.45, 7) is 3.51. The van der Waals surface area contributed by atoms with Gasteiger partial charge in [0.2, 0.25) is 0 Å². The standard InChI is InChI=1S/C7H15NO2/c1-2-6(3-8)7(9)4-10-5-7/h6,9H,2-5,8H2,1H3. The van der Waals surface area contributed by atoms with Gasteiger partial charge in [-0.05, 0) is 13.0 Å². The average molecular weight is 145 g/mol. The van der Waals surface area contributed by atoms with E-state index >= 15 is 0 Å². The first kappa shape index (κ1) is 7.98. The van der Waals surface area contributed by atoms with Gasteiger partial charge in [0.15, 0.2) is 0 Å². The van der Waals surface area contributed by atoms with Crippen LogP contribution in [0.2, 0.25) is 0 Å². The number of nitrogens with two attached hydrogens (primary N) is 1. The molecule has 0 saturated carbocycles. The zero-order valence-electron chi connectivity index (χ0n) is 6.34.